The van der Waals surface area contributed by atoms with E-state index in [9.17, 15) is 14.9 Å². The maximum absolute atomic E-state index is 12.4. The van der Waals surface area contributed by atoms with E-state index in [2.05, 4.69) is 10.3 Å². The summed E-state index contributed by atoms with van der Waals surface area (Å²) in [5, 5.41) is 14.8. The van der Waals surface area contributed by atoms with Crippen molar-refractivity contribution < 1.29 is 9.72 Å². The molecule has 0 bridgehead atoms. The number of nitro benzene ring substituents is 1. The van der Waals surface area contributed by atoms with E-state index in [1.807, 2.05) is 4.90 Å². The molecule has 1 fully saturated rings. The van der Waals surface area contributed by atoms with Crippen LogP contribution in [0.25, 0.3) is 0 Å². The second-order valence-electron chi connectivity index (χ2n) is 5.95. The highest BCUT2D eigenvalue weighted by Crippen LogP contribution is 2.27. The third-order valence-electron chi connectivity index (χ3n) is 4.25. The van der Waals surface area contributed by atoms with E-state index in [1.54, 1.807) is 29.2 Å². The number of para-hydroxylation sites is 2. The summed E-state index contributed by atoms with van der Waals surface area (Å²) in [6.07, 6.45) is 1.54. The van der Waals surface area contributed by atoms with E-state index in [-0.39, 0.29) is 18.1 Å². The standard InChI is InChI=1S/C17H17Cl2N5O3/c18-12-9-13(19)17(21-10-12)23-7-5-22(6-8-23)16(25)11-20-14-3-1-2-4-15(14)24(26)27/h1-4,9-10,20H,5-8,11H2. The number of anilines is 2. The lowest BCUT2D eigenvalue weighted by Gasteiger charge is -2.35. The number of halogens is 2. The molecule has 1 aliphatic heterocycles. The Morgan fingerprint density at radius 2 is 1.93 bits per heavy atom. The fourth-order valence-corrected chi connectivity index (χ4v) is 3.37. The number of hydrogen-bond acceptors (Lipinski definition) is 6. The maximum Gasteiger partial charge on any atom is 0.292 e. The lowest BCUT2D eigenvalue weighted by Crippen LogP contribution is -2.50. The number of rotatable bonds is 5. The molecule has 1 aromatic carbocycles. The van der Waals surface area contributed by atoms with E-state index >= 15 is 0 Å². The average Bonchev–Trinajstić information content (AvgIpc) is 2.66. The molecule has 0 unspecified atom stereocenters. The van der Waals surface area contributed by atoms with E-state index in [4.69, 9.17) is 23.2 Å². The Kier molecular flexibility index (Phi) is 5.98. The summed E-state index contributed by atoms with van der Waals surface area (Å²) in [6, 6.07) is 7.88. The van der Waals surface area contributed by atoms with Gasteiger partial charge in [0.1, 0.15) is 11.5 Å². The van der Waals surface area contributed by atoms with Gasteiger partial charge < -0.3 is 15.1 Å². The molecule has 8 nitrogen and oxygen atoms in total. The fraction of sp³-hybridized carbons (Fsp3) is 0.294. The van der Waals surface area contributed by atoms with Gasteiger partial charge in [0.2, 0.25) is 5.91 Å². The number of amides is 1. The van der Waals surface area contributed by atoms with Crippen molar-refractivity contribution >= 4 is 46.3 Å². The van der Waals surface area contributed by atoms with Gasteiger partial charge >= 0.3 is 0 Å². The number of piperazine rings is 1. The number of aromatic nitrogens is 1. The van der Waals surface area contributed by atoms with Gasteiger partial charge in [0.05, 0.1) is 21.5 Å². The van der Waals surface area contributed by atoms with Crippen LogP contribution in [-0.4, -0.2) is 53.4 Å². The van der Waals surface area contributed by atoms with Crippen molar-refractivity contribution in [3.05, 3.63) is 56.7 Å². The van der Waals surface area contributed by atoms with Crippen LogP contribution in [0.2, 0.25) is 10.0 Å². The number of benzene rings is 1. The summed E-state index contributed by atoms with van der Waals surface area (Å²) in [5.74, 6) is 0.522. The Hall–Kier alpha value is -2.58. The molecular weight excluding hydrogens is 393 g/mol. The van der Waals surface area contributed by atoms with E-state index in [0.29, 0.717) is 47.7 Å². The molecule has 0 atom stereocenters. The zero-order valence-electron chi connectivity index (χ0n) is 14.3. The highest BCUT2D eigenvalue weighted by Gasteiger charge is 2.23. The Morgan fingerprint density at radius 1 is 1.22 bits per heavy atom. The van der Waals surface area contributed by atoms with Crippen LogP contribution in [0.4, 0.5) is 17.2 Å². The minimum atomic E-state index is -0.478. The highest BCUT2D eigenvalue weighted by molar-refractivity contribution is 6.36. The Bertz CT molecular complexity index is 856. The number of nitrogens with one attached hydrogen (secondary N) is 1. The number of nitrogens with zero attached hydrogens (tertiary/aromatic N) is 4. The van der Waals surface area contributed by atoms with Crippen LogP contribution in [-0.2, 0) is 4.79 Å². The van der Waals surface area contributed by atoms with E-state index < -0.39 is 4.92 Å². The number of carbonyl (C=O) groups is 1. The van der Waals surface area contributed by atoms with Crippen molar-refractivity contribution in [1.29, 1.82) is 0 Å². The Morgan fingerprint density at radius 3 is 2.59 bits per heavy atom. The monoisotopic (exact) mass is 409 g/mol. The Labute approximate surface area is 165 Å². The van der Waals surface area contributed by atoms with Crippen molar-refractivity contribution in [3.8, 4) is 0 Å². The largest absolute Gasteiger partial charge is 0.371 e. The van der Waals surface area contributed by atoms with Crippen LogP contribution in [0, 0.1) is 10.1 Å². The highest BCUT2D eigenvalue weighted by atomic mass is 35.5. The van der Waals surface area contributed by atoms with Crippen molar-refractivity contribution in [1.82, 2.24) is 9.88 Å². The topological polar surface area (TPSA) is 91.6 Å². The van der Waals surface area contributed by atoms with Crippen LogP contribution in [0.15, 0.2) is 36.5 Å². The first-order valence-corrected chi connectivity index (χ1v) is 9.02. The van der Waals surface area contributed by atoms with Crippen molar-refractivity contribution in [2.75, 3.05) is 42.9 Å². The third-order valence-corrected chi connectivity index (χ3v) is 4.74. The van der Waals surface area contributed by atoms with Gasteiger partial charge in [-0.3, -0.25) is 14.9 Å². The second-order valence-corrected chi connectivity index (χ2v) is 6.80. The molecule has 27 heavy (non-hydrogen) atoms. The lowest BCUT2D eigenvalue weighted by atomic mass is 10.2. The van der Waals surface area contributed by atoms with Crippen molar-refractivity contribution in [2.24, 2.45) is 0 Å². The molecule has 0 aliphatic carbocycles. The minimum Gasteiger partial charge on any atom is -0.371 e. The van der Waals surface area contributed by atoms with Gasteiger partial charge in [-0.1, -0.05) is 35.3 Å². The van der Waals surface area contributed by atoms with Crippen LogP contribution in [0.3, 0.4) is 0 Å². The molecule has 3 rings (SSSR count). The van der Waals surface area contributed by atoms with Gasteiger partial charge in [0.15, 0.2) is 0 Å². The summed E-state index contributed by atoms with van der Waals surface area (Å²) in [6.45, 7) is 2.19. The first-order valence-electron chi connectivity index (χ1n) is 8.27. The van der Waals surface area contributed by atoms with Crippen molar-refractivity contribution in [2.45, 2.75) is 0 Å². The van der Waals surface area contributed by atoms with Crippen LogP contribution < -0.4 is 10.2 Å². The third kappa shape index (κ3) is 4.58. The first-order chi connectivity index (χ1) is 13.0. The maximum atomic E-state index is 12.4. The van der Waals surface area contributed by atoms with Gasteiger partial charge in [-0.05, 0) is 12.1 Å². The molecule has 1 saturated heterocycles. The summed E-state index contributed by atoms with van der Waals surface area (Å²) < 4.78 is 0. The van der Waals surface area contributed by atoms with E-state index in [1.165, 1.54) is 12.3 Å². The summed E-state index contributed by atoms with van der Waals surface area (Å²) in [4.78, 5) is 30.9. The molecule has 0 spiro atoms. The number of carbonyl (C=O) groups excluding carboxylic acids is 1. The number of pyridine rings is 1. The van der Waals surface area contributed by atoms with Crippen LogP contribution in [0.1, 0.15) is 0 Å². The molecule has 10 heteroatoms. The number of hydrogen-bond donors (Lipinski definition) is 1. The molecule has 2 heterocycles. The molecule has 1 aliphatic rings. The average molecular weight is 410 g/mol. The van der Waals surface area contributed by atoms with Gasteiger partial charge in [-0.25, -0.2) is 4.98 Å². The van der Waals surface area contributed by atoms with Crippen LogP contribution in [0.5, 0.6) is 0 Å². The molecule has 0 saturated carbocycles. The predicted octanol–water partition coefficient (Wildman–Crippen LogP) is 3.06. The second kappa shape index (κ2) is 8.41. The molecule has 1 aromatic heterocycles. The summed E-state index contributed by atoms with van der Waals surface area (Å²) in [5.41, 5.74) is 0.269. The lowest BCUT2D eigenvalue weighted by molar-refractivity contribution is -0.383. The number of nitro groups is 1. The summed E-state index contributed by atoms with van der Waals surface area (Å²) >= 11 is 12.1. The van der Waals surface area contributed by atoms with Gasteiger partial charge in [0.25, 0.3) is 5.69 Å². The van der Waals surface area contributed by atoms with Gasteiger partial charge in [0, 0.05) is 38.4 Å². The quantitative estimate of drug-likeness (QED) is 0.602. The fourth-order valence-electron chi connectivity index (χ4n) is 2.87. The van der Waals surface area contributed by atoms with Gasteiger partial charge in [-0.2, -0.15) is 0 Å². The zero-order chi connectivity index (χ0) is 19.4. The Balaban J connectivity index is 1.55. The SMILES string of the molecule is O=C(CNc1ccccc1[N+](=O)[O-])N1CCN(c2ncc(Cl)cc2Cl)CC1. The van der Waals surface area contributed by atoms with Crippen LogP contribution >= 0.6 is 23.2 Å². The molecule has 142 valence electrons. The minimum absolute atomic E-state index is 0.00912. The first kappa shape index (κ1) is 19.2. The smallest absolute Gasteiger partial charge is 0.292 e. The molecule has 0 radical (unpaired) electrons. The van der Waals surface area contributed by atoms with Crippen molar-refractivity contribution in [3.63, 3.8) is 0 Å². The normalized spacial score (nSPS) is 14.1. The zero-order valence-corrected chi connectivity index (χ0v) is 15.8. The summed E-state index contributed by atoms with van der Waals surface area (Å²) in [7, 11) is 0. The molecular formula is C17H17Cl2N5O3. The predicted molar refractivity (Wildman–Crippen MR) is 105 cm³/mol. The molecule has 1 amide bonds. The van der Waals surface area contributed by atoms with Gasteiger partial charge in [-0.15, -0.1) is 0 Å². The molecule has 2 aromatic rings. The molecule has 1 N–H and O–H groups in total. The van der Waals surface area contributed by atoms with E-state index in [0.717, 1.165) is 0 Å².